The molecule has 46 heavy (non-hydrogen) atoms. The molecule has 2 amide bonds. The molecule has 1 aliphatic rings. The lowest BCUT2D eigenvalue weighted by Gasteiger charge is -2.32. The summed E-state index contributed by atoms with van der Waals surface area (Å²) in [7, 11) is 1.04. The van der Waals surface area contributed by atoms with Crippen LogP contribution >= 0.6 is 0 Å². The Hall–Kier alpha value is -4.48. The fourth-order valence-corrected chi connectivity index (χ4v) is 4.22. The average Bonchev–Trinajstić information content (AvgIpc) is 3.39. The number of carbonyl (C=O) groups is 2. The average molecular weight is 633 g/mol. The van der Waals surface area contributed by atoms with Gasteiger partial charge in [0.2, 0.25) is 5.88 Å². The highest BCUT2D eigenvalue weighted by molar-refractivity contribution is 6.61. The van der Waals surface area contributed by atoms with E-state index >= 15 is 0 Å². The first-order chi connectivity index (χ1) is 21.2. The number of imide groups is 1. The maximum Gasteiger partial charge on any atom is 0.516 e. The molecule has 0 saturated carbocycles. The summed E-state index contributed by atoms with van der Waals surface area (Å²) in [5.41, 5.74) is -0.875. The third-order valence-electron chi connectivity index (χ3n) is 7.19. The summed E-state index contributed by atoms with van der Waals surface area (Å²) in [4.78, 5) is 35.7. The number of rotatable bonds is 6. The predicted octanol–water partition coefficient (Wildman–Crippen LogP) is 5.51. The van der Waals surface area contributed by atoms with Crippen molar-refractivity contribution in [3.05, 3.63) is 47.8 Å². The third kappa shape index (κ3) is 8.02. The van der Waals surface area contributed by atoms with Crippen LogP contribution in [0.15, 0.2) is 36.7 Å². The van der Waals surface area contributed by atoms with Crippen LogP contribution in [0.2, 0.25) is 0 Å². The van der Waals surface area contributed by atoms with E-state index in [9.17, 15) is 14.9 Å². The Morgan fingerprint density at radius 3 is 2.00 bits per heavy atom. The Balaban J connectivity index is 1.60. The molecule has 0 atom stereocenters. The number of nitrogens with zero attached hydrogens (tertiary/aromatic N) is 6. The zero-order valence-electron chi connectivity index (χ0n) is 28.3. The molecule has 3 heterocycles. The second kappa shape index (κ2) is 12.4. The molecule has 14 heteroatoms. The number of amides is 2. The number of aromatic nitrogens is 4. The minimum Gasteiger partial charge on any atom is -0.443 e. The summed E-state index contributed by atoms with van der Waals surface area (Å²) < 4.78 is 31.0. The molecule has 1 saturated heterocycles. The van der Waals surface area contributed by atoms with Crippen LogP contribution < -0.4 is 10.3 Å². The van der Waals surface area contributed by atoms with Crippen molar-refractivity contribution >= 4 is 24.9 Å². The van der Waals surface area contributed by atoms with Crippen LogP contribution in [0.5, 0.6) is 11.6 Å². The molecule has 0 N–H and O–H groups in total. The van der Waals surface area contributed by atoms with Crippen molar-refractivity contribution in [3.63, 3.8) is 0 Å². The van der Waals surface area contributed by atoms with E-state index in [-0.39, 0.29) is 12.4 Å². The highest BCUT2D eigenvalue weighted by atomic mass is 16.7. The smallest absolute Gasteiger partial charge is 0.443 e. The van der Waals surface area contributed by atoms with E-state index in [2.05, 4.69) is 21.1 Å². The maximum atomic E-state index is 12.9. The lowest BCUT2D eigenvalue weighted by atomic mass is 9.85. The van der Waals surface area contributed by atoms with Crippen molar-refractivity contribution in [1.29, 1.82) is 5.26 Å². The topological polar surface area (TPSA) is 151 Å². The summed E-state index contributed by atoms with van der Waals surface area (Å²) in [6.45, 7) is 17.9. The van der Waals surface area contributed by atoms with Crippen molar-refractivity contribution in [2.24, 2.45) is 7.05 Å². The van der Waals surface area contributed by atoms with Gasteiger partial charge in [-0.2, -0.15) is 10.4 Å². The van der Waals surface area contributed by atoms with Crippen LogP contribution in [0.4, 0.5) is 9.59 Å². The molecule has 244 valence electrons. The zero-order chi connectivity index (χ0) is 34.2. The number of aryl methyl sites for hydroxylation is 1. The summed E-state index contributed by atoms with van der Waals surface area (Å²) in [5.74, 6) is 0.986. The second-order valence-electron chi connectivity index (χ2n) is 14.0. The van der Waals surface area contributed by atoms with E-state index in [0.717, 1.165) is 4.90 Å². The van der Waals surface area contributed by atoms with Crippen LogP contribution in [-0.2, 0) is 32.4 Å². The van der Waals surface area contributed by atoms with Gasteiger partial charge in [0.15, 0.2) is 5.82 Å². The van der Waals surface area contributed by atoms with Crippen molar-refractivity contribution in [1.82, 2.24) is 24.6 Å². The highest BCUT2D eigenvalue weighted by Gasteiger charge is 2.53. The normalized spacial score (nSPS) is 15.7. The molecule has 0 spiro atoms. The second-order valence-corrected chi connectivity index (χ2v) is 14.0. The molecule has 1 aliphatic heterocycles. The van der Waals surface area contributed by atoms with E-state index in [1.165, 1.54) is 12.4 Å². The molecule has 13 nitrogen and oxygen atoms in total. The van der Waals surface area contributed by atoms with Crippen molar-refractivity contribution in [2.45, 2.75) is 98.2 Å². The van der Waals surface area contributed by atoms with Crippen molar-refractivity contribution in [3.8, 4) is 29.1 Å². The Bertz CT molecular complexity index is 1600. The van der Waals surface area contributed by atoms with Crippen LogP contribution in [0.3, 0.4) is 0 Å². The molecule has 0 unspecified atom stereocenters. The van der Waals surface area contributed by atoms with Gasteiger partial charge in [-0.25, -0.2) is 29.1 Å². The Morgan fingerprint density at radius 1 is 0.957 bits per heavy atom. The van der Waals surface area contributed by atoms with E-state index in [1.54, 1.807) is 77.5 Å². The van der Waals surface area contributed by atoms with Gasteiger partial charge in [-0.3, -0.25) is 0 Å². The molecule has 0 aliphatic carbocycles. The van der Waals surface area contributed by atoms with Crippen LogP contribution in [0.25, 0.3) is 11.4 Å². The Kier molecular flexibility index (Phi) is 9.25. The molecule has 2 aromatic heterocycles. The first kappa shape index (κ1) is 34.4. The minimum atomic E-state index is -0.857. The molecule has 1 fully saturated rings. The van der Waals surface area contributed by atoms with Gasteiger partial charge in [-0.05, 0) is 87.4 Å². The lowest BCUT2D eigenvalue weighted by molar-refractivity contribution is -0.000286. The van der Waals surface area contributed by atoms with Crippen LogP contribution in [-0.4, -0.2) is 66.4 Å². The van der Waals surface area contributed by atoms with Gasteiger partial charge in [0, 0.05) is 31.1 Å². The maximum absolute atomic E-state index is 12.9. The Morgan fingerprint density at radius 2 is 1.50 bits per heavy atom. The Labute approximate surface area is 269 Å². The monoisotopic (exact) mass is 632 g/mol. The highest BCUT2D eigenvalue weighted by Crippen LogP contribution is 2.37. The predicted molar refractivity (Wildman–Crippen MR) is 169 cm³/mol. The number of nitriles is 1. The molecule has 0 bridgehead atoms. The third-order valence-corrected chi connectivity index (χ3v) is 7.19. The van der Waals surface area contributed by atoms with Gasteiger partial charge in [0.05, 0.1) is 40.5 Å². The van der Waals surface area contributed by atoms with Gasteiger partial charge in [0.1, 0.15) is 17.0 Å². The van der Waals surface area contributed by atoms with Crippen molar-refractivity contribution in [2.75, 3.05) is 0 Å². The summed E-state index contributed by atoms with van der Waals surface area (Å²) in [6.07, 6.45) is 1.27. The zero-order valence-corrected chi connectivity index (χ0v) is 28.3. The van der Waals surface area contributed by atoms with Gasteiger partial charge < -0.3 is 23.5 Å². The van der Waals surface area contributed by atoms with Crippen LogP contribution in [0.1, 0.15) is 80.4 Å². The first-order valence-corrected chi connectivity index (χ1v) is 14.8. The summed E-state index contributed by atoms with van der Waals surface area (Å²) in [6, 6.07) is 8.74. The van der Waals surface area contributed by atoms with E-state index in [0.29, 0.717) is 33.9 Å². The quantitative estimate of drug-likeness (QED) is 0.316. The van der Waals surface area contributed by atoms with Gasteiger partial charge in [0.25, 0.3) is 0 Å². The SMILES string of the molecule is Cn1nc(B2OC(C)(C)C(C)(C)O2)cc1Oc1cc(C#N)ccc1-c1ncc(CN(C(=O)OC(C)(C)C)C(=O)OC(C)(C)C)cn1. The number of hydrogen-bond acceptors (Lipinski definition) is 11. The first-order valence-electron chi connectivity index (χ1n) is 14.8. The fourth-order valence-electron chi connectivity index (χ4n) is 4.22. The van der Waals surface area contributed by atoms with Gasteiger partial charge in [-0.1, -0.05) is 0 Å². The van der Waals surface area contributed by atoms with Crippen LogP contribution in [0, 0.1) is 11.3 Å². The molecule has 0 radical (unpaired) electrons. The number of ether oxygens (including phenoxy) is 3. The molecular weight excluding hydrogens is 591 g/mol. The van der Waals surface area contributed by atoms with E-state index in [1.807, 2.05) is 27.7 Å². The number of carbonyl (C=O) groups excluding carboxylic acids is 2. The number of hydrogen-bond donors (Lipinski definition) is 0. The molecule has 3 aromatic rings. The molecule has 4 rings (SSSR count). The lowest BCUT2D eigenvalue weighted by Crippen LogP contribution is -2.43. The fraction of sp³-hybridized carbons (Fsp3) is 0.500. The van der Waals surface area contributed by atoms with E-state index < -0.39 is 41.7 Å². The largest absolute Gasteiger partial charge is 0.516 e. The molecular formula is C32H41BN6O7. The molecule has 1 aromatic carbocycles. The van der Waals surface area contributed by atoms with Gasteiger partial charge >= 0.3 is 19.3 Å². The summed E-state index contributed by atoms with van der Waals surface area (Å²) in [5, 5.41) is 14.1. The number of benzene rings is 1. The van der Waals surface area contributed by atoms with Gasteiger partial charge in [-0.15, -0.1) is 0 Å². The van der Waals surface area contributed by atoms with E-state index in [4.69, 9.17) is 23.5 Å². The summed E-state index contributed by atoms with van der Waals surface area (Å²) >= 11 is 0. The minimum absolute atomic E-state index is 0.183. The van der Waals surface area contributed by atoms with Crippen molar-refractivity contribution < 1.29 is 33.1 Å². The standard InChI is InChI=1S/C32H41BN6O7/c1-29(2,3)43-27(40)39(28(41)44-30(4,5)6)19-21-17-35-26(36-18-21)22-13-12-20(16-34)14-23(22)42-25-15-24(37-38(25)11)33-45-31(7,8)32(9,10)46-33/h12-15,17-18H,19H2,1-11H3.